The van der Waals surface area contributed by atoms with Crippen molar-refractivity contribution in [3.8, 4) is 0 Å². The molecule has 1 N–H and O–H groups in total. The molecule has 24 heavy (non-hydrogen) atoms. The highest BCUT2D eigenvalue weighted by atomic mass is 32.1. The van der Waals surface area contributed by atoms with Crippen LogP contribution < -0.4 is 5.32 Å². The lowest BCUT2D eigenvalue weighted by Crippen LogP contribution is -2.24. The highest BCUT2D eigenvalue weighted by Crippen LogP contribution is 2.27. The molecule has 0 aliphatic carbocycles. The molecule has 0 saturated heterocycles. The van der Waals surface area contributed by atoms with E-state index in [1.165, 1.54) is 16.9 Å². The number of pyridine rings is 1. The highest BCUT2D eigenvalue weighted by molar-refractivity contribution is 7.20. The normalized spacial score (nSPS) is 11.0. The molecular formula is C20H16N2OS. The molecule has 1 amide bonds. The first-order valence-corrected chi connectivity index (χ1v) is 8.73. The zero-order valence-electron chi connectivity index (χ0n) is 13.0. The van der Waals surface area contributed by atoms with Crippen LogP contribution in [0.25, 0.3) is 21.1 Å². The molecule has 2 aromatic heterocycles. The SMILES string of the molecule is O=C(NCCc1ccccc1)c1cc2cc3ccccc3nc2s1. The van der Waals surface area contributed by atoms with Crippen LogP contribution in [0.4, 0.5) is 0 Å². The van der Waals surface area contributed by atoms with Gasteiger partial charge in [0, 0.05) is 17.3 Å². The summed E-state index contributed by atoms with van der Waals surface area (Å²) in [5.74, 6) is -0.0296. The van der Waals surface area contributed by atoms with E-state index >= 15 is 0 Å². The predicted octanol–water partition coefficient (Wildman–Crippen LogP) is 4.42. The number of benzene rings is 2. The number of nitrogens with zero attached hydrogens (tertiary/aromatic N) is 1. The first-order valence-electron chi connectivity index (χ1n) is 7.91. The molecule has 2 aromatic carbocycles. The van der Waals surface area contributed by atoms with Gasteiger partial charge in [0.1, 0.15) is 4.83 Å². The Morgan fingerprint density at radius 2 is 1.75 bits per heavy atom. The number of aromatic nitrogens is 1. The minimum Gasteiger partial charge on any atom is -0.351 e. The van der Waals surface area contributed by atoms with E-state index in [9.17, 15) is 4.79 Å². The first-order chi connectivity index (χ1) is 11.8. The molecule has 0 unspecified atom stereocenters. The fraction of sp³-hybridized carbons (Fsp3) is 0.100. The lowest BCUT2D eigenvalue weighted by atomic mass is 10.1. The van der Waals surface area contributed by atoms with Gasteiger partial charge in [0.2, 0.25) is 0 Å². The average molecular weight is 332 g/mol. The summed E-state index contributed by atoms with van der Waals surface area (Å²) >= 11 is 1.44. The van der Waals surface area contributed by atoms with E-state index in [-0.39, 0.29) is 5.91 Å². The Bertz CT molecular complexity index is 955. The number of hydrogen-bond donors (Lipinski definition) is 1. The quantitative estimate of drug-likeness (QED) is 0.601. The van der Waals surface area contributed by atoms with Crippen molar-refractivity contribution in [2.45, 2.75) is 6.42 Å². The van der Waals surface area contributed by atoms with Crippen molar-refractivity contribution < 1.29 is 4.79 Å². The van der Waals surface area contributed by atoms with Gasteiger partial charge < -0.3 is 5.32 Å². The number of para-hydroxylation sites is 1. The second kappa shape index (κ2) is 6.42. The van der Waals surface area contributed by atoms with Crippen molar-refractivity contribution in [2.24, 2.45) is 0 Å². The van der Waals surface area contributed by atoms with Crippen LogP contribution in [0, 0.1) is 0 Å². The maximum Gasteiger partial charge on any atom is 0.261 e. The Balaban J connectivity index is 1.50. The van der Waals surface area contributed by atoms with Crippen LogP contribution in [0.15, 0.2) is 66.7 Å². The van der Waals surface area contributed by atoms with Crippen molar-refractivity contribution in [1.82, 2.24) is 10.3 Å². The minimum absolute atomic E-state index is 0.0296. The number of rotatable bonds is 4. The van der Waals surface area contributed by atoms with Crippen molar-refractivity contribution in [2.75, 3.05) is 6.54 Å². The maximum absolute atomic E-state index is 12.4. The summed E-state index contributed by atoms with van der Waals surface area (Å²) in [5.41, 5.74) is 2.19. The monoisotopic (exact) mass is 332 g/mol. The lowest BCUT2D eigenvalue weighted by molar-refractivity contribution is 0.0958. The number of fused-ring (bicyclic) bond motifs is 2. The van der Waals surface area contributed by atoms with Crippen LogP contribution in [0.5, 0.6) is 0 Å². The molecule has 0 spiro atoms. The zero-order valence-corrected chi connectivity index (χ0v) is 13.8. The second-order valence-electron chi connectivity index (χ2n) is 5.68. The van der Waals surface area contributed by atoms with Gasteiger partial charge in [0.05, 0.1) is 10.4 Å². The largest absolute Gasteiger partial charge is 0.351 e. The van der Waals surface area contributed by atoms with E-state index in [0.29, 0.717) is 11.4 Å². The third-order valence-corrected chi connectivity index (χ3v) is 5.02. The fourth-order valence-corrected chi connectivity index (χ4v) is 3.68. The zero-order chi connectivity index (χ0) is 16.4. The number of amides is 1. The Labute approximate surface area is 144 Å². The van der Waals surface area contributed by atoms with E-state index in [4.69, 9.17) is 0 Å². The van der Waals surface area contributed by atoms with Crippen LogP contribution >= 0.6 is 11.3 Å². The van der Waals surface area contributed by atoms with Gasteiger partial charge >= 0.3 is 0 Å². The van der Waals surface area contributed by atoms with Crippen LogP contribution in [-0.2, 0) is 6.42 Å². The summed E-state index contributed by atoms with van der Waals surface area (Å²) in [6.07, 6.45) is 0.833. The van der Waals surface area contributed by atoms with E-state index in [0.717, 1.165) is 27.5 Å². The topological polar surface area (TPSA) is 42.0 Å². The lowest BCUT2D eigenvalue weighted by Gasteiger charge is -2.03. The summed E-state index contributed by atoms with van der Waals surface area (Å²) in [6, 6.07) is 22.2. The van der Waals surface area contributed by atoms with E-state index in [1.807, 2.05) is 48.5 Å². The fourth-order valence-electron chi connectivity index (χ4n) is 2.74. The highest BCUT2D eigenvalue weighted by Gasteiger charge is 2.11. The average Bonchev–Trinajstić information content (AvgIpc) is 3.03. The molecule has 0 saturated carbocycles. The smallest absolute Gasteiger partial charge is 0.261 e. The summed E-state index contributed by atoms with van der Waals surface area (Å²) < 4.78 is 0. The van der Waals surface area contributed by atoms with Crippen LogP contribution in [0.2, 0.25) is 0 Å². The van der Waals surface area contributed by atoms with E-state index in [1.54, 1.807) is 0 Å². The first kappa shape index (κ1) is 14.8. The molecule has 4 rings (SSSR count). The van der Waals surface area contributed by atoms with Gasteiger partial charge in [0.15, 0.2) is 0 Å². The molecule has 2 heterocycles. The third-order valence-electron chi connectivity index (χ3n) is 3.98. The standard InChI is InChI=1S/C20H16N2OS/c23-19(21-11-10-14-6-2-1-3-7-14)18-13-16-12-15-8-4-5-9-17(15)22-20(16)24-18/h1-9,12-13H,10-11H2,(H,21,23). The van der Waals surface area contributed by atoms with Gasteiger partial charge in [-0.15, -0.1) is 11.3 Å². The number of nitrogens with one attached hydrogen (secondary N) is 1. The van der Waals surface area contributed by atoms with Crippen molar-refractivity contribution >= 4 is 38.4 Å². The second-order valence-corrected chi connectivity index (χ2v) is 6.71. The minimum atomic E-state index is -0.0296. The Kier molecular flexibility index (Phi) is 3.97. The summed E-state index contributed by atoms with van der Waals surface area (Å²) in [4.78, 5) is 18.6. The van der Waals surface area contributed by atoms with Gasteiger partial charge in [0.25, 0.3) is 5.91 Å². The summed E-state index contributed by atoms with van der Waals surface area (Å²) in [7, 11) is 0. The van der Waals surface area contributed by atoms with Gasteiger partial charge in [-0.05, 0) is 30.2 Å². The van der Waals surface area contributed by atoms with Gasteiger partial charge in [-0.3, -0.25) is 4.79 Å². The molecule has 118 valence electrons. The Morgan fingerprint density at radius 3 is 2.62 bits per heavy atom. The van der Waals surface area contributed by atoms with Crippen LogP contribution in [0.3, 0.4) is 0 Å². The molecular weight excluding hydrogens is 316 g/mol. The van der Waals surface area contributed by atoms with Gasteiger partial charge in [-0.2, -0.15) is 0 Å². The molecule has 0 fully saturated rings. The Hall–Kier alpha value is -2.72. The molecule has 0 bridgehead atoms. The van der Waals surface area contributed by atoms with Crippen LogP contribution in [0.1, 0.15) is 15.2 Å². The summed E-state index contributed by atoms with van der Waals surface area (Å²) in [6.45, 7) is 0.631. The van der Waals surface area contributed by atoms with Gasteiger partial charge in [-0.1, -0.05) is 48.5 Å². The van der Waals surface area contributed by atoms with Crippen molar-refractivity contribution in [3.05, 3.63) is 77.2 Å². The van der Waals surface area contributed by atoms with Crippen molar-refractivity contribution in [1.29, 1.82) is 0 Å². The molecule has 0 aliphatic rings. The third kappa shape index (κ3) is 3.01. The summed E-state index contributed by atoms with van der Waals surface area (Å²) in [5, 5.41) is 5.11. The number of carbonyl (C=O) groups excluding carboxylic acids is 1. The number of hydrogen-bond acceptors (Lipinski definition) is 3. The van der Waals surface area contributed by atoms with Crippen LogP contribution in [-0.4, -0.2) is 17.4 Å². The predicted molar refractivity (Wildman–Crippen MR) is 99.6 cm³/mol. The van der Waals surface area contributed by atoms with Crippen molar-refractivity contribution in [3.63, 3.8) is 0 Å². The Morgan fingerprint density at radius 1 is 0.958 bits per heavy atom. The number of carbonyl (C=O) groups is 1. The van der Waals surface area contributed by atoms with E-state index < -0.39 is 0 Å². The molecule has 0 radical (unpaired) electrons. The van der Waals surface area contributed by atoms with Gasteiger partial charge in [-0.25, -0.2) is 4.98 Å². The molecule has 0 atom stereocenters. The maximum atomic E-state index is 12.4. The molecule has 4 heteroatoms. The number of thiophene rings is 1. The molecule has 4 aromatic rings. The molecule has 0 aliphatic heterocycles. The molecule has 3 nitrogen and oxygen atoms in total. The van der Waals surface area contributed by atoms with E-state index in [2.05, 4.69) is 28.5 Å².